The summed E-state index contributed by atoms with van der Waals surface area (Å²) in [7, 11) is 1.36. The number of nitrogens with two attached hydrogens (primary N) is 1. The smallest absolute Gasteiger partial charge is 0.313 e. The van der Waals surface area contributed by atoms with Crippen LogP contribution in [0.1, 0.15) is 41.7 Å². The first-order valence-corrected chi connectivity index (χ1v) is 10.7. The molecule has 9 nitrogen and oxygen atoms in total. The molecule has 3 N–H and O–H groups in total. The van der Waals surface area contributed by atoms with Crippen molar-refractivity contribution in [1.29, 1.82) is 0 Å². The number of carbonyl (C=O) groups excluding carboxylic acids is 3. The summed E-state index contributed by atoms with van der Waals surface area (Å²) in [5, 5.41) is 4.58. The lowest BCUT2D eigenvalue weighted by Gasteiger charge is -2.38. The Balaban J connectivity index is 1.58. The summed E-state index contributed by atoms with van der Waals surface area (Å²) in [6.45, 7) is 2.53. The molecule has 1 aliphatic rings. The molecule has 1 fully saturated rings. The summed E-state index contributed by atoms with van der Waals surface area (Å²) < 4.78 is 5.01. The fraction of sp³-hybridized carbons (Fsp3) is 0.292. The van der Waals surface area contributed by atoms with Gasteiger partial charge in [-0.3, -0.25) is 19.4 Å². The summed E-state index contributed by atoms with van der Waals surface area (Å²) >= 11 is 0. The van der Waals surface area contributed by atoms with Crippen molar-refractivity contribution < 1.29 is 19.1 Å². The Bertz CT molecular complexity index is 1230. The lowest BCUT2D eigenvalue weighted by atomic mass is 9.89. The first-order valence-electron chi connectivity index (χ1n) is 10.7. The Labute approximate surface area is 191 Å². The van der Waals surface area contributed by atoms with E-state index in [0.717, 1.165) is 29.2 Å². The molecule has 3 aromatic rings. The van der Waals surface area contributed by atoms with Gasteiger partial charge in [-0.05, 0) is 47.9 Å². The number of carbonyl (C=O) groups is 3. The maximum Gasteiger partial charge on any atom is 0.313 e. The third-order valence-electron chi connectivity index (χ3n) is 5.89. The number of amides is 3. The van der Waals surface area contributed by atoms with Gasteiger partial charge in [0.15, 0.2) is 0 Å². The van der Waals surface area contributed by atoms with E-state index >= 15 is 0 Å². The predicted molar refractivity (Wildman–Crippen MR) is 123 cm³/mol. The van der Waals surface area contributed by atoms with Crippen molar-refractivity contribution in [3.63, 3.8) is 0 Å². The molecule has 1 aliphatic heterocycles. The topological polar surface area (TPSA) is 128 Å². The Hall–Kier alpha value is -4.01. The molecular weight excluding hydrogens is 422 g/mol. The van der Waals surface area contributed by atoms with E-state index in [9.17, 15) is 14.4 Å². The van der Waals surface area contributed by atoms with E-state index in [-0.39, 0.29) is 29.1 Å². The van der Waals surface area contributed by atoms with E-state index in [1.807, 2.05) is 24.3 Å². The van der Waals surface area contributed by atoms with E-state index in [0.29, 0.717) is 6.54 Å². The second kappa shape index (κ2) is 9.23. The van der Waals surface area contributed by atoms with Crippen molar-refractivity contribution in [2.24, 2.45) is 11.7 Å². The molecule has 0 spiro atoms. The third kappa shape index (κ3) is 4.62. The molecule has 33 heavy (non-hydrogen) atoms. The number of nitrogens with one attached hydrogen (secondary N) is 1. The average Bonchev–Trinajstić information content (AvgIpc) is 2.83. The van der Waals surface area contributed by atoms with Gasteiger partial charge in [0.2, 0.25) is 5.88 Å². The standard InChI is InChI=1S/C24H25N5O4/c1-14-3-6-20(16-4-5-17-11-26-8-7-15(17)9-16)29(13-14)24(32)22(31)28-18-10-19(21(25)30)23(33-2)27-12-18/h4-5,7-12,14,20H,3,6,13H2,1-2H3,(H2,25,30)(H,28,31)/t14-,20+/m1/s1. The van der Waals surface area contributed by atoms with Crippen molar-refractivity contribution in [3.05, 3.63) is 60.0 Å². The van der Waals surface area contributed by atoms with Crippen LogP contribution in [0, 0.1) is 5.92 Å². The number of likely N-dealkylation sites (tertiary alicyclic amines) is 1. The quantitative estimate of drug-likeness (QED) is 0.592. The van der Waals surface area contributed by atoms with Crippen molar-refractivity contribution >= 4 is 34.2 Å². The van der Waals surface area contributed by atoms with Gasteiger partial charge in [-0.25, -0.2) is 4.98 Å². The molecule has 1 saturated heterocycles. The highest BCUT2D eigenvalue weighted by Crippen LogP contribution is 2.34. The molecule has 3 heterocycles. The largest absolute Gasteiger partial charge is 0.480 e. The van der Waals surface area contributed by atoms with Gasteiger partial charge in [0.25, 0.3) is 5.91 Å². The van der Waals surface area contributed by atoms with Crippen LogP contribution in [0.2, 0.25) is 0 Å². The second-order valence-electron chi connectivity index (χ2n) is 8.24. The molecule has 0 unspecified atom stereocenters. The normalized spacial score (nSPS) is 18.1. The zero-order valence-corrected chi connectivity index (χ0v) is 18.4. The minimum atomic E-state index is -0.804. The number of hydrogen-bond donors (Lipinski definition) is 2. The van der Waals surface area contributed by atoms with E-state index in [1.165, 1.54) is 19.4 Å². The Kier molecular flexibility index (Phi) is 6.21. The van der Waals surface area contributed by atoms with Gasteiger partial charge in [0.05, 0.1) is 25.0 Å². The highest BCUT2D eigenvalue weighted by molar-refractivity contribution is 6.39. The van der Waals surface area contributed by atoms with Gasteiger partial charge in [-0.2, -0.15) is 0 Å². The first-order chi connectivity index (χ1) is 15.9. The summed E-state index contributed by atoms with van der Waals surface area (Å²) in [6, 6.07) is 9.06. The zero-order chi connectivity index (χ0) is 23.5. The van der Waals surface area contributed by atoms with Gasteiger partial charge in [0.1, 0.15) is 5.56 Å². The van der Waals surface area contributed by atoms with Crippen LogP contribution in [-0.4, -0.2) is 46.2 Å². The fourth-order valence-electron chi connectivity index (χ4n) is 4.21. The van der Waals surface area contributed by atoms with Crippen LogP contribution in [0.4, 0.5) is 5.69 Å². The monoisotopic (exact) mass is 447 g/mol. The van der Waals surface area contributed by atoms with E-state index in [2.05, 4.69) is 22.2 Å². The maximum atomic E-state index is 13.2. The molecule has 0 radical (unpaired) electrons. The van der Waals surface area contributed by atoms with E-state index < -0.39 is 17.7 Å². The van der Waals surface area contributed by atoms with Crippen molar-refractivity contribution in [2.75, 3.05) is 19.0 Å². The molecular formula is C24H25N5O4. The van der Waals surface area contributed by atoms with Gasteiger partial charge < -0.3 is 20.7 Å². The summed E-state index contributed by atoms with van der Waals surface area (Å²) in [4.78, 5) is 47.4. The fourth-order valence-corrected chi connectivity index (χ4v) is 4.21. The number of fused-ring (bicyclic) bond motifs is 1. The molecule has 2 atom stereocenters. The van der Waals surface area contributed by atoms with Crippen LogP contribution in [0.25, 0.3) is 10.8 Å². The van der Waals surface area contributed by atoms with Crippen LogP contribution in [0.3, 0.4) is 0 Å². The van der Waals surface area contributed by atoms with Crippen molar-refractivity contribution in [3.8, 4) is 5.88 Å². The lowest BCUT2D eigenvalue weighted by molar-refractivity contribution is -0.146. The van der Waals surface area contributed by atoms with Crippen LogP contribution in [-0.2, 0) is 9.59 Å². The summed E-state index contributed by atoms with van der Waals surface area (Å²) in [5.74, 6) is -1.88. The molecule has 170 valence electrons. The molecule has 0 bridgehead atoms. The predicted octanol–water partition coefficient (Wildman–Crippen LogP) is 2.68. The number of primary amides is 1. The minimum absolute atomic E-state index is 0.0119. The number of methoxy groups -OCH3 is 1. The van der Waals surface area contributed by atoms with E-state index in [4.69, 9.17) is 10.5 Å². The van der Waals surface area contributed by atoms with Crippen LogP contribution in [0.15, 0.2) is 48.9 Å². The molecule has 2 aromatic heterocycles. The minimum Gasteiger partial charge on any atom is -0.480 e. The number of anilines is 1. The Morgan fingerprint density at radius 2 is 1.94 bits per heavy atom. The molecule has 0 saturated carbocycles. The number of aromatic nitrogens is 2. The van der Waals surface area contributed by atoms with Crippen molar-refractivity contribution in [1.82, 2.24) is 14.9 Å². The Morgan fingerprint density at radius 3 is 2.70 bits per heavy atom. The Morgan fingerprint density at radius 1 is 1.12 bits per heavy atom. The zero-order valence-electron chi connectivity index (χ0n) is 18.4. The highest BCUT2D eigenvalue weighted by Gasteiger charge is 2.34. The van der Waals surface area contributed by atoms with Gasteiger partial charge in [0, 0.05) is 24.3 Å². The maximum absolute atomic E-state index is 13.2. The lowest BCUT2D eigenvalue weighted by Crippen LogP contribution is -2.46. The van der Waals surface area contributed by atoms with Gasteiger partial charge in [-0.1, -0.05) is 19.1 Å². The SMILES string of the molecule is COc1ncc(NC(=O)C(=O)N2C[C@H](C)CC[C@H]2c2ccc3cnccc3c2)cc1C(N)=O. The van der Waals surface area contributed by atoms with Crippen LogP contribution >= 0.6 is 0 Å². The molecule has 3 amide bonds. The number of nitrogens with zero attached hydrogens (tertiary/aromatic N) is 3. The molecule has 1 aromatic carbocycles. The number of pyridine rings is 2. The number of hydrogen-bond acceptors (Lipinski definition) is 6. The van der Waals surface area contributed by atoms with Crippen molar-refractivity contribution in [2.45, 2.75) is 25.8 Å². The number of ether oxygens (including phenoxy) is 1. The third-order valence-corrected chi connectivity index (χ3v) is 5.89. The molecule has 0 aliphatic carbocycles. The first kappa shape index (κ1) is 22.2. The van der Waals surface area contributed by atoms with Gasteiger partial charge in [-0.15, -0.1) is 0 Å². The number of piperidine rings is 1. The summed E-state index contributed by atoms with van der Waals surface area (Å²) in [5.41, 5.74) is 6.52. The number of rotatable bonds is 4. The van der Waals surface area contributed by atoms with E-state index in [1.54, 1.807) is 17.3 Å². The molecule has 9 heteroatoms. The number of benzene rings is 1. The second-order valence-corrected chi connectivity index (χ2v) is 8.24. The molecule has 4 rings (SSSR count). The highest BCUT2D eigenvalue weighted by atomic mass is 16.5. The average molecular weight is 447 g/mol. The van der Waals surface area contributed by atoms with Crippen LogP contribution in [0.5, 0.6) is 5.88 Å². The van der Waals surface area contributed by atoms with Gasteiger partial charge >= 0.3 is 11.8 Å². The summed E-state index contributed by atoms with van der Waals surface area (Å²) in [6.07, 6.45) is 6.54. The van der Waals surface area contributed by atoms with Crippen LogP contribution < -0.4 is 15.8 Å².